The average molecular weight is 422 g/mol. The highest BCUT2D eigenvalue weighted by molar-refractivity contribution is 14.0. The Labute approximate surface area is 150 Å². The van der Waals surface area contributed by atoms with Crippen LogP contribution < -0.4 is 15.5 Å². The Morgan fingerprint density at radius 1 is 1.27 bits per heavy atom. The maximum Gasteiger partial charge on any atom is 0.191 e. The van der Waals surface area contributed by atoms with E-state index < -0.39 is 0 Å². The molecule has 0 fully saturated rings. The van der Waals surface area contributed by atoms with Gasteiger partial charge in [-0.3, -0.25) is 4.99 Å². The first-order valence-corrected chi connectivity index (χ1v) is 7.52. The molecule has 0 saturated heterocycles. The van der Waals surface area contributed by atoms with Crippen LogP contribution in [0.4, 0.5) is 10.1 Å². The van der Waals surface area contributed by atoms with Gasteiger partial charge in [0.25, 0.3) is 0 Å². The third-order valence-electron chi connectivity index (χ3n) is 3.23. The van der Waals surface area contributed by atoms with Gasteiger partial charge in [0.15, 0.2) is 5.96 Å². The number of benzene rings is 1. The first-order valence-electron chi connectivity index (χ1n) is 7.52. The van der Waals surface area contributed by atoms with E-state index >= 15 is 0 Å². The van der Waals surface area contributed by atoms with Gasteiger partial charge in [-0.25, -0.2) is 4.39 Å². The van der Waals surface area contributed by atoms with Crippen molar-refractivity contribution in [2.24, 2.45) is 4.99 Å². The van der Waals surface area contributed by atoms with Crippen LogP contribution in [0.5, 0.6) is 0 Å². The third kappa shape index (κ3) is 6.37. The molecule has 0 aliphatic heterocycles. The molecule has 0 atom stereocenters. The second-order valence-corrected chi connectivity index (χ2v) is 5.18. The Morgan fingerprint density at radius 2 is 1.91 bits per heavy atom. The molecule has 22 heavy (non-hydrogen) atoms. The number of aliphatic imine (C=N–C) groups is 1. The highest BCUT2D eigenvalue weighted by Gasteiger charge is 2.09. The summed E-state index contributed by atoms with van der Waals surface area (Å²) in [4.78, 5) is 6.14. The zero-order valence-electron chi connectivity index (χ0n) is 14.1. The first-order chi connectivity index (χ1) is 10.0. The van der Waals surface area contributed by atoms with Crippen LogP contribution in [0.15, 0.2) is 23.2 Å². The van der Waals surface area contributed by atoms with Crippen LogP contribution in [0.2, 0.25) is 0 Å². The standard InChI is InChI=1S/C16H27FN4.HI/c1-6-21(7-2)15-9-8-13(10-14(15)17)11-19-16(18-5)20-12(3)4;/h8-10,12H,6-7,11H2,1-5H3,(H2,18,19,20);1H. The molecular weight excluding hydrogens is 394 g/mol. The molecule has 1 aromatic carbocycles. The number of nitrogens with zero attached hydrogens (tertiary/aromatic N) is 2. The van der Waals surface area contributed by atoms with E-state index in [-0.39, 0.29) is 29.8 Å². The molecule has 1 rings (SSSR count). The molecule has 2 N–H and O–H groups in total. The van der Waals surface area contributed by atoms with E-state index in [1.807, 2.05) is 44.7 Å². The second kappa shape index (κ2) is 10.6. The summed E-state index contributed by atoms with van der Waals surface area (Å²) in [6, 6.07) is 5.69. The summed E-state index contributed by atoms with van der Waals surface area (Å²) in [5, 5.41) is 6.38. The van der Waals surface area contributed by atoms with Crippen molar-refractivity contribution < 1.29 is 4.39 Å². The second-order valence-electron chi connectivity index (χ2n) is 5.18. The fraction of sp³-hybridized carbons (Fsp3) is 0.562. The number of anilines is 1. The summed E-state index contributed by atoms with van der Waals surface area (Å²) in [5.41, 5.74) is 1.56. The van der Waals surface area contributed by atoms with Crippen LogP contribution in [0.3, 0.4) is 0 Å². The van der Waals surface area contributed by atoms with Gasteiger partial charge < -0.3 is 15.5 Å². The number of rotatable bonds is 6. The van der Waals surface area contributed by atoms with E-state index in [0.29, 0.717) is 18.3 Å². The van der Waals surface area contributed by atoms with Gasteiger partial charge in [-0.2, -0.15) is 0 Å². The maximum absolute atomic E-state index is 14.2. The predicted molar refractivity (Wildman–Crippen MR) is 104 cm³/mol. The normalized spacial score (nSPS) is 11.1. The van der Waals surface area contributed by atoms with E-state index in [0.717, 1.165) is 24.6 Å². The largest absolute Gasteiger partial charge is 0.370 e. The van der Waals surface area contributed by atoms with Crippen LogP contribution in [-0.4, -0.2) is 32.1 Å². The lowest BCUT2D eigenvalue weighted by Crippen LogP contribution is -2.40. The Balaban J connectivity index is 0.00000441. The zero-order chi connectivity index (χ0) is 15.8. The van der Waals surface area contributed by atoms with E-state index in [4.69, 9.17) is 0 Å². The van der Waals surface area contributed by atoms with Crippen molar-refractivity contribution in [2.45, 2.75) is 40.3 Å². The Bertz CT molecular complexity index is 473. The summed E-state index contributed by atoms with van der Waals surface area (Å²) >= 11 is 0. The molecule has 0 aromatic heterocycles. The van der Waals surface area contributed by atoms with Crippen molar-refractivity contribution in [3.63, 3.8) is 0 Å². The van der Waals surface area contributed by atoms with Gasteiger partial charge in [0.2, 0.25) is 0 Å². The minimum absolute atomic E-state index is 0. The molecule has 4 nitrogen and oxygen atoms in total. The third-order valence-corrected chi connectivity index (χ3v) is 3.23. The number of halogens is 2. The topological polar surface area (TPSA) is 39.7 Å². The van der Waals surface area contributed by atoms with Gasteiger partial charge in [-0.1, -0.05) is 6.07 Å². The molecule has 6 heteroatoms. The molecular formula is C16H28FIN4. The molecule has 0 unspecified atom stereocenters. The van der Waals surface area contributed by atoms with E-state index in [9.17, 15) is 4.39 Å². The minimum atomic E-state index is -0.176. The summed E-state index contributed by atoms with van der Waals surface area (Å²) in [6.45, 7) is 10.3. The van der Waals surface area contributed by atoms with E-state index in [2.05, 4.69) is 15.6 Å². The molecule has 0 saturated carbocycles. The Hall–Kier alpha value is -1.05. The molecule has 0 radical (unpaired) electrons. The molecule has 0 heterocycles. The van der Waals surface area contributed by atoms with Gasteiger partial charge >= 0.3 is 0 Å². The fourth-order valence-electron chi connectivity index (χ4n) is 2.13. The molecule has 126 valence electrons. The highest BCUT2D eigenvalue weighted by Crippen LogP contribution is 2.20. The number of hydrogen-bond donors (Lipinski definition) is 2. The molecule has 0 bridgehead atoms. The fourth-order valence-corrected chi connectivity index (χ4v) is 2.13. The van der Waals surface area contributed by atoms with Crippen molar-refractivity contribution >= 4 is 35.6 Å². The van der Waals surface area contributed by atoms with Crippen LogP contribution in [0.25, 0.3) is 0 Å². The van der Waals surface area contributed by atoms with Gasteiger partial charge in [0.05, 0.1) is 5.69 Å². The average Bonchev–Trinajstić information content (AvgIpc) is 2.46. The van der Waals surface area contributed by atoms with Gasteiger partial charge in [-0.05, 0) is 45.4 Å². The lowest BCUT2D eigenvalue weighted by molar-refractivity contribution is 0.616. The van der Waals surface area contributed by atoms with Crippen LogP contribution >= 0.6 is 24.0 Å². The quantitative estimate of drug-likeness (QED) is 0.420. The monoisotopic (exact) mass is 422 g/mol. The highest BCUT2D eigenvalue weighted by atomic mass is 127. The molecule has 0 amide bonds. The van der Waals surface area contributed by atoms with Crippen molar-refractivity contribution in [3.8, 4) is 0 Å². The summed E-state index contributed by atoms with van der Waals surface area (Å²) in [5.74, 6) is 0.544. The summed E-state index contributed by atoms with van der Waals surface area (Å²) in [6.07, 6.45) is 0. The molecule has 0 aliphatic carbocycles. The van der Waals surface area contributed by atoms with Crippen LogP contribution in [0.1, 0.15) is 33.3 Å². The number of nitrogens with one attached hydrogen (secondary N) is 2. The van der Waals surface area contributed by atoms with Crippen LogP contribution in [0, 0.1) is 5.82 Å². The number of guanidine groups is 1. The SMILES string of the molecule is CCN(CC)c1ccc(CNC(=NC)NC(C)C)cc1F.I. The van der Waals surface area contributed by atoms with Crippen LogP contribution in [-0.2, 0) is 6.54 Å². The smallest absolute Gasteiger partial charge is 0.191 e. The summed E-state index contributed by atoms with van der Waals surface area (Å²) < 4.78 is 14.2. The number of hydrogen-bond acceptors (Lipinski definition) is 2. The molecule has 0 aliphatic rings. The van der Waals surface area contributed by atoms with E-state index in [1.165, 1.54) is 0 Å². The van der Waals surface area contributed by atoms with Crippen molar-refractivity contribution in [1.29, 1.82) is 0 Å². The Kier molecular flexibility index (Phi) is 10.1. The van der Waals surface area contributed by atoms with Crippen molar-refractivity contribution in [1.82, 2.24) is 10.6 Å². The van der Waals surface area contributed by atoms with Gasteiger partial charge in [0.1, 0.15) is 5.82 Å². The zero-order valence-corrected chi connectivity index (χ0v) is 16.4. The maximum atomic E-state index is 14.2. The van der Waals surface area contributed by atoms with Crippen molar-refractivity contribution in [2.75, 3.05) is 25.0 Å². The first kappa shape index (κ1) is 20.9. The Morgan fingerprint density at radius 3 is 2.36 bits per heavy atom. The minimum Gasteiger partial charge on any atom is -0.370 e. The van der Waals surface area contributed by atoms with Gasteiger partial charge in [0, 0.05) is 32.7 Å². The molecule has 1 aromatic rings. The lowest BCUT2D eigenvalue weighted by atomic mass is 10.2. The van der Waals surface area contributed by atoms with E-state index in [1.54, 1.807) is 13.1 Å². The summed E-state index contributed by atoms with van der Waals surface area (Å²) in [7, 11) is 1.72. The van der Waals surface area contributed by atoms with Crippen molar-refractivity contribution in [3.05, 3.63) is 29.6 Å². The van der Waals surface area contributed by atoms with Gasteiger partial charge in [-0.15, -0.1) is 24.0 Å². The predicted octanol–water partition coefficient (Wildman–Crippen LogP) is 3.36. The lowest BCUT2D eigenvalue weighted by Gasteiger charge is -2.22. The molecule has 0 spiro atoms.